The van der Waals surface area contributed by atoms with Crippen molar-refractivity contribution in [3.63, 3.8) is 0 Å². The van der Waals surface area contributed by atoms with Gasteiger partial charge in [-0.2, -0.15) is 0 Å². The molecule has 4 aromatic rings. The third-order valence-electron chi connectivity index (χ3n) is 5.88. The van der Waals surface area contributed by atoms with Crippen molar-refractivity contribution in [3.05, 3.63) is 71.0 Å². The third kappa shape index (κ3) is 5.05. The van der Waals surface area contributed by atoms with E-state index < -0.39 is 0 Å². The normalized spacial score (nSPS) is 13.1. The number of carbonyl (C=O) groups excluding carboxylic acids is 1. The fourth-order valence-electron chi connectivity index (χ4n) is 4.11. The number of rotatable bonds is 7. The molecular weight excluding hydrogens is 542 g/mol. The summed E-state index contributed by atoms with van der Waals surface area (Å²) < 4.78 is 11.1. The lowest BCUT2D eigenvalue weighted by Crippen LogP contribution is -2.34. The number of thiophene rings is 1. The smallest absolute Gasteiger partial charge is 0.246 e. The first kappa shape index (κ1) is 24.2. The number of fused-ring (bicyclic) bond motifs is 3. The summed E-state index contributed by atoms with van der Waals surface area (Å²) in [6.45, 7) is 3.26. The molecule has 184 valence electrons. The van der Waals surface area contributed by atoms with Gasteiger partial charge in [0.1, 0.15) is 28.5 Å². The SMILES string of the molecule is COc1ccc(Oc2ccc(Nc3ncnc4sc5c(c34)CCN(C(=O)/C=C/CBr)C5)cc2C)cn1. The van der Waals surface area contributed by atoms with Crippen molar-refractivity contribution in [1.82, 2.24) is 19.9 Å². The molecule has 0 atom stereocenters. The number of anilines is 2. The number of benzene rings is 1. The third-order valence-corrected chi connectivity index (χ3v) is 7.38. The van der Waals surface area contributed by atoms with Crippen LogP contribution in [0.25, 0.3) is 10.2 Å². The van der Waals surface area contributed by atoms with Crippen LogP contribution in [0.15, 0.2) is 55.0 Å². The number of hydrogen-bond donors (Lipinski definition) is 1. The van der Waals surface area contributed by atoms with Gasteiger partial charge in [0, 0.05) is 28.5 Å². The molecule has 8 nitrogen and oxygen atoms in total. The van der Waals surface area contributed by atoms with Gasteiger partial charge in [0.25, 0.3) is 0 Å². The van der Waals surface area contributed by atoms with E-state index in [9.17, 15) is 4.79 Å². The lowest BCUT2D eigenvalue weighted by molar-refractivity contribution is -0.126. The quantitative estimate of drug-likeness (QED) is 0.224. The molecule has 0 unspecified atom stereocenters. The minimum absolute atomic E-state index is 0.0326. The van der Waals surface area contributed by atoms with Crippen molar-refractivity contribution in [1.29, 1.82) is 0 Å². The fourth-order valence-corrected chi connectivity index (χ4v) is 5.50. The van der Waals surface area contributed by atoms with Crippen molar-refractivity contribution >= 4 is 54.9 Å². The summed E-state index contributed by atoms with van der Waals surface area (Å²) in [4.78, 5) is 29.7. The highest BCUT2D eigenvalue weighted by molar-refractivity contribution is 9.09. The Kier molecular flexibility index (Phi) is 7.15. The van der Waals surface area contributed by atoms with Crippen molar-refractivity contribution < 1.29 is 14.3 Å². The zero-order valence-electron chi connectivity index (χ0n) is 19.8. The summed E-state index contributed by atoms with van der Waals surface area (Å²) in [5.41, 5.74) is 3.09. The van der Waals surface area contributed by atoms with Crippen LogP contribution in [0.3, 0.4) is 0 Å². The number of halogens is 1. The minimum Gasteiger partial charge on any atom is -0.481 e. The zero-order chi connectivity index (χ0) is 25.1. The molecule has 1 N–H and O–H groups in total. The molecule has 0 bridgehead atoms. The van der Waals surface area contributed by atoms with Crippen LogP contribution in [-0.2, 0) is 17.8 Å². The Morgan fingerprint density at radius 3 is 2.89 bits per heavy atom. The second kappa shape index (κ2) is 10.6. The van der Waals surface area contributed by atoms with Crippen LogP contribution in [0.5, 0.6) is 17.4 Å². The van der Waals surface area contributed by atoms with Crippen molar-refractivity contribution in [2.75, 3.05) is 24.3 Å². The first-order chi connectivity index (χ1) is 17.6. The fraction of sp³-hybridized carbons (Fsp3) is 0.231. The molecule has 4 heterocycles. The lowest BCUT2D eigenvalue weighted by Gasteiger charge is -2.26. The average molecular weight is 566 g/mol. The van der Waals surface area contributed by atoms with Gasteiger partial charge in [0.2, 0.25) is 11.8 Å². The molecule has 0 fully saturated rings. The number of alkyl halides is 1. The van der Waals surface area contributed by atoms with E-state index in [1.807, 2.05) is 42.2 Å². The lowest BCUT2D eigenvalue weighted by atomic mass is 10.0. The largest absolute Gasteiger partial charge is 0.481 e. The van der Waals surface area contributed by atoms with Crippen molar-refractivity contribution in [3.8, 4) is 17.4 Å². The summed E-state index contributed by atoms with van der Waals surface area (Å²) in [5.74, 6) is 2.72. The average Bonchev–Trinajstić information content (AvgIpc) is 3.28. The number of carbonyl (C=O) groups is 1. The molecule has 0 radical (unpaired) electrons. The number of amides is 1. The molecule has 0 saturated heterocycles. The molecule has 10 heteroatoms. The molecule has 5 rings (SSSR count). The van der Waals surface area contributed by atoms with Gasteiger partial charge in [0.05, 0.1) is 25.2 Å². The summed E-state index contributed by atoms with van der Waals surface area (Å²) >= 11 is 4.95. The summed E-state index contributed by atoms with van der Waals surface area (Å²) in [6.07, 6.45) is 7.43. The van der Waals surface area contributed by atoms with Gasteiger partial charge >= 0.3 is 0 Å². The second-order valence-corrected chi connectivity index (χ2v) is 9.95. The number of aromatic nitrogens is 3. The predicted molar refractivity (Wildman–Crippen MR) is 145 cm³/mol. The summed E-state index contributed by atoms with van der Waals surface area (Å²) in [5, 5.41) is 5.16. The zero-order valence-corrected chi connectivity index (χ0v) is 22.2. The first-order valence-corrected chi connectivity index (χ1v) is 13.3. The molecule has 3 aromatic heterocycles. The number of allylic oxidation sites excluding steroid dienone is 1. The monoisotopic (exact) mass is 565 g/mol. The van der Waals surface area contributed by atoms with Gasteiger partial charge in [0.15, 0.2) is 0 Å². The molecule has 0 spiro atoms. The van der Waals surface area contributed by atoms with E-state index in [4.69, 9.17) is 9.47 Å². The molecule has 0 saturated carbocycles. The van der Waals surface area contributed by atoms with Crippen molar-refractivity contribution in [2.45, 2.75) is 19.9 Å². The molecule has 1 aromatic carbocycles. The second-order valence-electron chi connectivity index (χ2n) is 8.22. The standard InChI is InChI=1S/C26H24BrN5O3S/c1-16-12-17(5-7-20(16)35-18-6-8-22(34-2)28-13-18)31-25-24-19-9-11-32(23(33)4-3-10-27)14-21(19)36-26(24)30-15-29-25/h3-8,12-13,15H,9-11,14H2,1-2H3,(H,29,30,31)/b4-3+. The van der Waals surface area contributed by atoms with Crippen molar-refractivity contribution in [2.24, 2.45) is 0 Å². The predicted octanol–water partition coefficient (Wildman–Crippen LogP) is 5.78. The van der Waals surface area contributed by atoms with E-state index in [-0.39, 0.29) is 5.91 Å². The van der Waals surface area contributed by atoms with E-state index in [1.165, 1.54) is 5.56 Å². The van der Waals surface area contributed by atoms with E-state index in [0.29, 0.717) is 30.0 Å². The van der Waals surface area contributed by atoms with Gasteiger partial charge in [-0.05, 0) is 54.8 Å². The highest BCUT2D eigenvalue weighted by Crippen LogP contribution is 2.38. The van der Waals surface area contributed by atoms with Gasteiger partial charge in [-0.15, -0.1) is 11.3 Å². The maximum Gasteiger partial charge on any atom is 0.246 e. The number of aryl methyl sites for hydroxylation is 1. The molecule has 36 heavy (non-hydrogen) atoms. The van der Waals surface area contributed by atoms with Gasteiger partial charge in [-0.3, -0.25) is 4.79 Å². The van der Waals surface area contributed by atoms with E-state index in [0.717, 1.165) is 44.3 Å². The molecular formula is C26H24BrN5O3S. The van der Waals surface area contributed by atoms with Crippen LogP contribution >= 0.6 is 27.3 Å². The number of ether oxygens (including phenoxy) is 2. The van der Waals surface area contributed by atoms with Crippen LogP contribution in [0.1, 0.15) is 16.0 Å². The number of pyridine rings is 1. The van der Waals surface area contributed by atoms with Gasteiger partial charge in [-0.1, -0.05) is 22.0 Å². The highest BCUT2D eigenvalue weighted by atomic mass is 79.9. The Hall–Kier alpha value is -3.50. The Morgan fingerprint density at radius 1 is 1.25 bits per heavy atom. The van der Waals surface area contributed by atoms with E-state index >= 15 is 0 Å². The number of hydrogen-bond acceptors (Lipinski definition) is 8. The Bertz CT molecular complexity index is 1440. The topological polar surface area (TPSA) is 89.5 Å². The van der Waals surface area contributed by atoms with Crippen LogP contribution in [0, 0.1) is 6.92 Å². The maximum atomic E-state index is 12.5. The van der Waals surface area contributed by atoms with Crippen LogP contribution < -0.4 is 14.8 Å². The molecule has 1 aliphatic rings. The Labute approximate surface area is 221 Å². The van der Waals surface area contributed by atoms with E-state index in [2.05, 4.69) is 36.2 Å². The number of methoxy groups -OCH3 is 1. The van der Waals surface area contributed by atoms with Gasteiger partial charge < -0.3 is 19.7 Å². The molecule has 0 aliphatic carbocycles. The Balaban J connectivity index is 1.36. The Morgan fingerprint density at radius 2 is 2.14 bits per heavy atom. The highest BCUT2D eigenvalue weighted by Gasteiger charge is 2.25. The maximum absolute atomic E-state index is 12.5. The number of nitrogens with one attached hydrogen (secondary N) is 1. The molecule has 1 amide bonds. The van der Waals surface area contributed by atoms with Gasteiger partial charge in [-0.25, -0.2) is 15.0 Å². The van der Waals surface area contributed by atoms with E-state index in [1.54, 1.807) is 43.1 Å². The van der Waals surface area contributed by atoms with Crippen LogP contribution in [0.2, 0.25) is 0 Å². The minimum atomic E-state index is 0.0326. The summed E-state index contributed by atoms with van der Waals surface area (Å²) in [7, 11) is 1.58. The first-order valence-electron chi connectivity index (χ1n) is 11.4. The molecule has 1 aliphatic heterocycles. The summed E-state index contributed by atoms with van der Waals surface area (Å²) in [6, 6.07) is 9.49. The van der Waals surface area contributed by atoms with Crippen LogP contribution in [0.4, 0.5) is 11.5 Å². The van der Waals surface area contributed by atoms with Crippen LogP contribution in [-0.4, -0.2) is 44.7 Å². The number of nitrogens with zero attached hydrogens (tertiary/aromatic N) is 4.